The van der Waals surface area contributed by atoms with Gasteiger partial charge in [0, 0.05) is 32.7 Å². The molecule has 0 aliphatic carbocycles. The van der Waals surface area contributed by atoms with E-state index < -0.39 is 16.1 Å². The summed E-state index contributed by atoms with van der Waals surface area (Å²) in [5.41, 5.74) is 0.977. The average molecular weight is 337 g/mol. The molecule has 6 nitrogen and oxygen atoms in total. The molecular formula is C16H23N3O3S. The van der Waals surface area contributed by atoms with E-state index >= 15 is 0 Å². The van der Waals surface area contributed by atoms with Crippen molar-refractivity contribution in [3.8, 4) is 0 Å². The third-order valence-electron chi connectivity index (χ3n) is 3.84. The summed E-state index contributed by atoms with van der Waals surface area (Å²) in [5, 5.41) is 2.84. The zero-order valence-corrected chi connectivity index (χ0v) is 14.1. The van der Waals surface area contributed by atoms with Crippen molar-refractivity contribution in [3.63, 3.8) is 0 Å². The maximum atomic E-state index is 12.5. The molecule has 2 rings (SSSR count). The first kappa shape index (κ1) is 17.7. The molecule has 0 bridgehead atoms. The zero-order valence-electron chi connectivity index (χ0n) is 13.3. The quantitative estimate of drug-likeness (QED) is 0.765. The molecule has 1 unspecified atom stereocenters. The molecule has 1 amide bonds. The number of sulfonamides is 1. The molecular weight excluding hydrogens is 314 g/mol. The minimum Gasteiger partial charge on any atom is -0.351 e. The molecule has 1 heterocycles. The molecule has 1 aliphatic rings. The number of hydrogen-bond donors (Lipinski definition) is 1. The van der Waals surface area contributed by atoms with Gasteiger partial charge in [-0.2, -0.15) is 4.31 Å². The van der Waals surface area contributed by atoms with Crippen LogP contribution in [0.5, 0.6) is 0 Å². The Hall–Kier alpha value is -1.70. The highest BCUT2D eigenvalue weighted by atomic mass is 32.2. The van der Waals surface area contributed by atoms with E-state index in [1.807, 2.05) is 35.2 Å². The normalized spacial score (nSPS) is 20.1. The molecule has 1 aliphatic heterocycles. The Morgan fingerprint density at radius 2 is 2.04 bits per heavy atom. The maximum absolute atomic E-state index is 12.5. The van der Waals surface area contributed by atoms with Crippen molar-refractivity contribution in [2.75, 3.05) is 32.4 Å². The summed E-state index contributed by atoms with van der Waals surface area (Å²) >= 11 is 0. The van der Waals surface area contributed by atoms with Crippen LogP contribution in [0.2, 0.25) is 0 Å². The largest absolute Gasteiger partial charge is 0.351 e. The van der Waals surface area contributed by atoms with Crippen LogP contribution in [0.3, 0.4) is 0 Å². The van der Waals surface area contributed by atoms with E-state index in [0.29, 0.717) is 32.7 Å². The van der Waals surface area contributed by atoms with E-state index in [4.69, 9.17) is 0 Å². The first-order chi connectivity index (χ1) is 10.9. The number of carbonyl (C=O) groups excluding carboxylic acids is 1. The fourth-order valence-electron chi connectivity index (χ4n) is 2.68. The third kappa shape index (κ3) is 4.89. The van der Waals surface area contributed by atoms with Crippen molar-refractivity contribution in [2.45, 2.75) is 12.6 Å². The Kier molecular flexibility index (Phi) is 5.92. The highest BCUT2D eigenvalue weighted by Gasteiger charge is 2.36. The van der Waals surface area contributed by atoms with Crippen molar-refractivity contribution < 1.29 is 13.2 Å². The van der Waals surface area contributed by atoms with Crippen molar-refractivity contribution in [3.05, 3.63) is 48.6 Å². The predicted octanol–water partition coefficient (Wildman–Crippen LogP) is 0.435. The number of carbonyl (C=O) groups is 1. The van der Waals surface area contributed by atoms with Crippen LogP contribution in [0.15, 0.2) is 43.0 Å². The Balaban J connectivity index is 2.06. The van der Waals surface area contributed by atoms with Gasteiger partial charge in [-0.25, -0.2) is 8.42 Å². The molecule has 7 heteroatoms. The number of benzene rings is 1. The lowest BCUT2D eigenvalue weighted by molar-refractivity contribution is -0.126. The number of nitrogens with zero attached hydrogens (tertiary/aromatic N) is 2. The second-order valence-corrected chi connectivity index (χ2v) is 7.58. The molecule has 1 aromatic carbocycles. The minimum atomic E-state index is -3.42. The maximum Gasteiger partial charge on any atom is 0.240 e. The summed E-state index contributed by atoms with van der Waals surface area (Å²) in [4.78, 5) is 14.5. The number of hydrogen-bond acceptors (Lipinski definition) is 4. The SMILES string of the molecule is C=CCN1CCN(S(C)(=O)=O)C(C(=O)NCc2ccccc2)C1. The van der Waals surface area contributed by atoms with Crippen LogP contribution in [0.4, 0.5) is 0 Å². The second-order valence-electron chi connectivity index (χ2n) is 5.64. The van der Waals surface area contributed by atoms with Crippen LogP contribution >= 0.6 is 0 Å². The summed E-state index contributed by atoms with van der Waals surface area (Å²) in [5.74, 6) is -0.270. The molecule has 126 valence electrons. The molecule has 1 aromatic rings. The van der Waals surface area contributed by atoms with Crippen LogP contribution in [0.1, 0.15) is 5.56 Å². The highest BCUT2D eigenvalue weighted by Crippen LogP contribution is 2.14. The smallest absolute Gasteiger partial charge is 0.240 e. The summed E-state index contributed by atoms with van der Waals surface area (Å²) in [6, 6.07) is 8.83. The van der Waals surface area contributed by atoms with Gasteiger partial charge in [0.15, 0.2) is 0 Å². The van der Waals surface area contributed by atoms with E-state index in [-0.39, 0.29) is 5.91 Å². The van der Waals surface area contributed by atoms with E-state index in [2.05, 4.69) is 11.9 Å². The van der Waals surface area contributed by atoms with Gasteiger partial charge in [-0.15, -0.1) is 6.58 Å². The standard InChI is InChI=1S/C16H23N3O3S/c1-3-9-18-10-11-19(23(2,21)22)15(13-18)16(20)17-12-14-7-5-4-6-8-14/h3-8,15H,1,9-13H2,2H3,(H,17,20). The van der Waals surface area contributed by atoms with Crippen LogP contribution in [-0.4, -0.2) is 62.0 Å². The van der Waals surface area contributed by atoms with Crippen LogP contribution in [0.25, 0.3) is 0 Å². The lowest BCUT2D eigenvalue weighted by Crippen LogP contribution is -2.60. The summed E-state index contributed by atoms with van der Waals surface area (Å²) in [6.07, 6.45) is 2.91. The van der Waals surface area contributed by atoms with Gasteiger partial charge in [-0.3, -0.25) is 9.69 Å². The van der Waals surface area contributed by atoms with E-state index in [1.165, 1.54) is 4.31 Å². The lowest BCUT2D eigenvalue weighted by atomic mass is 10.1. The monoisotopic (exact) mass is 337 g/mol. The first-order valence-corrected chi connectivity index (χ1v) is 9.38. The lowest BCUT2D eigenvalue weighted by Gasteiger charge is -2.38. The van der Waals surface area contributed by atoms with E-state index in [0.717, 1.165) is 11.8 Å². The number of rotatable bonds is 6. The number of amides is 1. The van der Waals surface area contributed by atoms with Gasteiger partial charge in [0.2, 0.25) is 15.9 Å². The molecule has 23 heavy (non-hydrogen) atoms. The molecule has 1 N–H and O–H groups in total. The van der Waals surface area contributed by atoms with Gasteiger partial charge in [-0.05, 0) is 5.56 Å². The van der Waals surface area contributed by atoms with Gasteiger partial charge in [0.05, 0.1) is 6.26 Å². The molecule has 1 fully saturated rings. The average Bonchev–Trinajstić information content (AvgIpc) is 2.53. The van der Waals surface area contributed by atoms with E-state index in [1.54, 1.807) is 6.08 Å². The number of piperazine rings is 1. The van der Waals surface area contributed by atoms with Gasteiger partial charge in [-0.1, -0.05) is 36.4 Å². The molecule has 1 atom stereocenters. The third-order valence-corrected chi connectivity index (χ3v) is 5.13. The van der Waals surface area contributed by atoms with Gasteiger partial charge in [0.25, 0.3) is 0 Å². The Bertz CT molecular complexity index is 646. The zero-order chi connectivity index (χ0) is 16.9. The number of nitrogens with one attached hydrogen (secondary N) is 1. The minimum absolute atomic E-state index is 0.270. The molecule has 0 saturated carbocycles. The molecule has 0 spiro atoms. The Morgan fingerprint density at radius 1 is 1.35 bits per heavy atom. The van der Waals surface area contributed by atoms with Gasteiger partial charge >= 0.3 is 0 Å². The Morgan fingerprint density at radius 3 is 2.65 bits per heavy atom. The summed E-state index contributed by atoms with van der Waals surface area (Å²) < 4.78 is 25.2. The first-order valence-electron chi connectivity index (χ1n) is 7.53. The molecule has 1 saturated heterocycles. The molecule has 0 radical (unpaired) electrons. The van der Waals surface area contributed by atoms with Crippen molar-refractivity contribution in [1.29, 1.82) is 0 Å². The Labute approximate surface area is 137 Å². The van der Waals surface area contributed by atoms with E-state index in [9.17, 15) is 13.2 Å². The second kappa shape index (κ2) is 7.72. The summed E-state index contributed by atoms with van der Waals surface area (Å²) in [7, 11) is -3.42. The topological polar surface area (TPSA) is 69.7 Å². The van der Waals surface area contributed by atoms with Crippen LogP contribution in [-0.2, 0) is 21.4 Å². The fourth-order valence-corrected chi connectivity index (χ4v) is 3.72. The highest BCUT2D eigenvalue weighted by molar-refractivity contribution is 7.88. The van der Waals surface area contributed by atoms with Gasteiger partial charge < -0.3 is 5.32 Å². The van der Waals surface area contributed by atoms with Crippen LogP contribution in [0, 0.1) is 0 Å². The van der Waals surface area contributed by atoms with Crippen molar-refractivity contribution in [2.24, 2.45) is 0 Å². The van der Waals surface area contributed by atoms with Gasteiger partial charge in [0.1, 0.15) is 6.04 Å². The van der Waals surface area contributed by atoms with Crippen molar-refractivity contribution >= 4 is 15.9 Å². The fraction of sp³-hybridized carbons (Fsp3) is 0.438. The summed E-state index contributed by atoms with van der Waals surface area (Å²) in [6.45, 7) is 6.01. The predicted molar refractivity (Wildman–Crippen MR) is 90.3 cm³/mol. The van der Waals surface area contributed by atoms with Crippen molar-refractivity contribution in [1.82, 2.24) is 14.5 Å². The molecule has 0 aromatic heterocycles. The van der Waals surface area contributed by atoms with Crippen LogP contribution < -0.4 is 5.32 Å².